The Bertz CT molecular complexity index is 815. The van der Waals surface area contributed by atoms with Crippen LogP contribution in [0.3, 0.4) is 0 Å². The van der Waals surface area contributed by atoms with E-state index < -0.39 is 18.6 Å². The molecule has 1 aromatic rings. The Morgan fingerprint density at radius 2 is 1.56 bits per heavy atom. The Labute approximate surface area is 220 Å². The second kappa shape index (κ2) is 14.5. The Kier molecular flexibility index (Phi) is 12.4. The number of benzene rings is 1. The summed E-state index contributed by atoms with van der Waals surface area (Å²) in [6.45, 7) is 14.9. The molecule has 206 valence electrons. The summed E-state index contributed by atoms with van der Waals surface area (Å²) in [5.74, 6) is -0.904. The van der Waals surface area contributed by atoms with Gasteiger partial charge in [0, 0.05) is 0 Å². The summed E-state index contributed by atoms with van der Waals surface area (Å²) in [5, 5.41) is 0. The van der Waals surface area contributed by atoms with Crippen LogP contribution >= 0.6 is 7.26 Å². The molecule has 0 radical (unpaired) electrons. The molecule has 0 saturated heterocycles. The van der Waals surface area contributed by atoms with E-state index in [0.717, 1.165) is 17.6 Å². The number of ether oxygens (including phenoxy) is 3. The third-order valence-electron chi connectivity index (χ3n) is 8.06. The van der Waals surface area contributed by atoms with Gasteiger partial charge in [-0.2, -0.15) is 0 Å². The van der Waals surface area contributed by atoms with Crippen LogP contribution in [0, 0.1) is 11.3 Å². The van der Waals surface area contributed by atoms with Gasteiger partial charge in [-0.15, -0.1) is 0 Å². The van der Waals surface area contributed by atoms with Gasteiger partial charge in [0.15, 0.2) is 0 Å². The SMILES string of the molecule is CCC(C)OCC(C)(COC(=O)C(C)CC)C(=O)OCc1ccc(C[PH](C)(C)C2CCCCC2)cc1. The van der Waals surface area contributed by atoms with Crippen molar-refractivity contribution < 1.29 is 23.8 Å². The molecule has 1 aliphatic rings. The molecule has 36 heavy (non-hydrogen) atoms. The third kappa shape index (κ3) is 9.45. The molecule has 0 N–H and O–H groups in total. The van der Waals surface area contributed by atoms with Gasteiger partial charge in [-0.05, 0) is 19.8 Å². The molecule has 1 fully saturated rings. The van der Waals surface area contributed by atoms with Crippen molar-refractivity contribution in [1.82, 2.24) is 0 Å². The molecule has 5 nitrogen and oxygen atoms in total. The summed E-state index contributed by atoms with van der Waals surface area (Å²) in [5.41, 5.74) is 2.22. The van der Waals surface area contributed by atoms with Gasteiger partial charge >= 0.3 is 169 Å². The van der Waals surface area contributed by atoms with Crippen LogP contribution in [0.1, 0.15) is 90.7 Å². The van der Waals surface area contributed by atoms with Gasteiger partial charge in [0.2, 0.25) is 0 Å². The van der Waals surface area contributed by atoms with Crippen LogP contribution in [0.25, 0.3) is 0 Å². The fourth-order valence-corrected chi connectivity index (χ4v) is 8.32. The predicted octanol–water partition coefficient (Wildman–Crippen LogP) is 6.98. The summed E-state index contributed by atoms with van der Waals surface area (Å²) < 4.78 is 17.1. The van der Waals surface area contributed by atoms with E-state index in [1.54, 1.807) is 6.92 Å². The molecule has 0 heterocycles. The first-order valence-corrected chi connectivity index (χ1v) is 17.3. The molecule has 6 heteroatoms. The molecule has 1 aromatic carbocycles. The number of hydrogen-bond acceptors (Lipinski definition) is 5. The molecule has 0 spiro atoms. The first-order valence-electron chi connectivity index (χ1n) is 14.0. The van der Waals surface area contributed by atoms with E-state index in [1.165, 1.54) is 43.8 Å². The van der Waals surface area contributed by atoms with Gasteiger partial charge in [-0.25, -0.2) is 0 Å². The standard InChI is InChI=1S/C30H51O5P/c1-8-23(3)28(31)35-22-30(5,21-34-24(4)9-2)29(32)33-19-25-15-17-26(18-16-25)20-36(6,7)27-13-11-10-12-14-27/h15-18,23-24,27,36H,8-14,19-22H2,1-7H3. The Morgan fingerprint density at radius 3 is 2.14 bits per heavy atom. The first-order chi connectivity index (χ1) is 17.0. The van der Waals surface area contributed by atoms with Crippen molar-refractivity contribution in [2.45, 2.75) is 104 Å². The van der Waals surface area contributed by atoms with Crippen molar-refractivity contribution in [3.05, 3.63) is 35.4 Å². The number of esters is 2. The Balaban J connectivity index is 1.97. The van der Waals surface area contributed by atoms with Crippen LogP contribution in [0.2, 0.25) is 0 Å². The van der Waals surface area contributed by atoms with E-state index >= 15 is 0 Å². The predicted molar refractivity (Wildman–Crippen MR) is 151 cm³/mol. The average molecular weight is 523 g/mol. The van der Waals surface area contributed by atoms with Crippen LogP contribution in [-0.2, 0) is 36.6 Å². The molecular weight excluding hydrogens is 471 g/mol. The van der Waals surface area contributed by atoms with E-state index in [2.05, 4.69) is 37.6 Å². The minimum atomic E-state index is -1.31. The molecule has 0 aromatic heterocycles. The van der Waals surface area contributed by atoms with Crippen molar-refractivity contribution in [3.63, 3.8) is 0 Å². The van der Waals surface area contributed by atoms with E-state index in [4.69, 9.17) is 14.2 Å². The average Bonchev–Trinajstić information content (AvgIpc) is 2.89. The fourth-order valence-electron chi connectivity index (χ4n) is 4.77. The summed E-state index contributed by atoms with van der Waals surface area (Å²) in [4.78, 5) is 25.4. The summed E-state index contributed by atoms with van der Waals surface area (Å²) >= 11 is 0. The molecule has 3 unspecified atom stereocenters. The first kappa shape index (κ1) is 30.8. The van der Waals surface area contributed by atoms with Gasteiger partial charge in [0.25, 0.3) is 0 Å². The van der Waals surface area contributed by atoms with Gasteiger partial charge in [0.1, 0.15) is 0 Å². The molecule has 0 bridgehead atoms. The van der Waals surface area contributed by atoms with E-state index in [0.29, 0.717) is 6.42 Å². The number of rotatable bonds is 14. The zero-order valence-corrected chi connectivity index (χ0v) is 24.9. The summed E-state index contributed by atoms with van der Waals surface area (Å²) in [6.07, 6.45) is 9.73. The summed E-state index contributed by atoms with van der Waals surface area (Å²) in [7, 11) is -1.31. The topological polar surface area (TPSA) is 61.8 Å². The van der Waals surface area contributed by atoms with Crippen molar-refractivity contribution in [2.24, 2.45) is 11.3 Å². The van der Waals surface area contributed by atoms with Crippen LogP contribution in [0.15, 0.2) is 24.3 Å². The normalized spacial score (nSPS) is 18.6. The Hall–Kier alpha value is -1.45. The second-order valence-corrected chi connectivity index (χ2v) is 17.0. The molecule has 0 aliphatic heterocycles. The van der Waals surface area contributed by atoms with Gasteiger partial charge in [-0.3, -0.25) is 4.79 Å². The van der Waals surface area contributed by atoms with E-state index in [-0.39, 0.29) is 37.8 Å². The van der Waals surface area contributed by atoms with Crippen molar-refractivity contribution in [3.8, 4) is 0 Å². The second-order valence-electron chi connectivity index (χ2n) is 11.9. The molecular formula is C30H51O5P. The number of hydrogen-bond donors (Lipinski definition) is 0. The van der Waals surface area contributed by atoms with Crippen LogP contribution in [0.4, 0.5) is 0 Å². The fraction of sp³-hybridized carbons (Fsp3) is 0.733. The van der Waals surface area contributed by atoms with E-state index in [9.17, 15) is 9.59 Å². The number of carbonyl (C=O) groups excluding carboxylic acids is 2. The van der Waals surface area contributed by atoms with Crippen molar-refractivity contribution in [2.75, 3.05) is 26.5 Å². The van der Waals surface area contributed by atoms with Gasteiger partial charge in [0.05, 0.1) is 5.92 Å². The Morgan fingerprint density at radius 1 is 0.944 bits per heavy atom. The zero-order chi connectivity index (χ0) is 26.8. The van der Waals surface area contributed by atoms with Crippen molar-refractivity contribution in [1.29, 1.82) is 0 Å². The molecule has 0 amide bonds. The van der Waals surface area contributed by atoms with Gasteiger partial charge in [-0.1, -0.05) is 20.8 Å². The molecule has 1 aliphatic carbocycles. The van der Waals surface area contributed by atoms with E-state index in [1.807, 2.05) is 27.7 Å². The third-order valence-corrected chi connectivity index (χ3v) is 12.2. The molecule has 1 saturated carbocycles. The monoisotopic (exact) mass is 522 g/mol. The quantitative estimate of drug-likeness (QED) is 0.195. The molecule has 3 atom stereocenters. The van der Waals surface area contributed by atoms with Gasteiger partial charge < -0.3 is 0 Å². The van der Waals surface area contributed by atoms with Crippen LogP contribution in [0.5, 0.6) is 0 Å². The zero-order valence-electron chi connectivity index (χ0n) is 23.9. The maximum absolute atomic E-state index is 13.1. The van der Waals surface area contributed by atoms with Crippen LogP contribution < -0.4 is 0 Å². The van der Waals surface area contributed by atoms with Crippen molar-refractivity contribution >= 4 is 19.2 Å². The minimum absolute atomic E-state index is 0.0105. The molecule has 2 rings (SSSR count). The number of carbonyl (C=O) groups is 2. The summed E-state index contributed by atoms with van der Waals surface area (Å²) in [6, 6.07) is 8.54. The van der Waals surface area contributed by atoms with Crippen LogP contribution in [-0.4, -0.2) is 50.2 Å². The maximum atomic E-state index is 13.1.